The maximum Gasteiger partial charge on any atom is 0.301 e. The second-order valence-corrected chi connectivity index (χ2v) is 10.9. The van der Waals surface area contributed by atoms with Gasteiger partial charge in [0.25, 0.3) is 5.78 Å². The van der Waals surface area contributed by atoms with Crippen LogP contribution in [0.4, 0.5) is 5.13 Å². The Balaban J connectivity index is 1.52. The Hall–Kier alpha value is -3.69. The molecule has 7 nitrogen and oxygen atoms in total. The minimum Gasteiger partial charge on any atom is -0.507 e. The van der Waals surface area contributed by atoms with Crippen molar-refractivity contribution in [2.45, 2.75) is 25.5 Å². The average molecular weight is 577 g/mol. The van der Waals surface area contributed by atoms with Crippen LogP contribution in [0.2, 0.25) is 0 Å². The molecule has 0 spiro atoms. The molecular weight excluding hydrogens is 556 g/mol. The van der Waals surface area contributed by atoms with E-state index >= 15 is 0 Å². The molecule has 2 aliphatic rings. The third kappa shape index (κ3) is 3.98. The monoisotopic (exact) mass is 576 g/mol. The molecule has 6 rings (SSSR count). The largest absolute Gasteiger partial charge is 0.507 e. The summed E-state index contributed by atoms with van der Waals surface area (Å²) in [4.78, 5) is 33.0. The van der Waals surface area contributed by atoms with Crippen molar-refractivity contribution in [3.05, 3.63) is 87.4 Å². The van der Waals surface area contributed by atoms with E-state index in [0.29, 0.717) is 33.9 Å². The number of anilines is 1. The molecule has 3 aromatic carbocycles. The summed E-state index contributed by atoms with van der Waals surface area (Å²) in [6.07, 6.45) is 0.745. The van der Waals surface area contributed by atoms with E-state index in [1.807, 2.05) is 49.4 Å². The summed E-state index contributed by atoms with van der Waals surface area (Å²) in [5.74, 6) is -0.284. The zero-order chi connectivity index (χ0) is 25.8. The first-order chi connectivity index (χ1) is 17.8. The molecule has 1 amide bonds. The van der Waals surface area contributed by atoms with Crippen molar-refractivity contribution in [1.82, 2.24) is 4.98 Å². The van der Waals surface area contributed by atoms with Gasteiger partial charge >= 0.3 is 5.91 Å². The molecule has 2 aliphatic heterocycles. The lowest BCUT2D eigenvalue weighted by molar-refractivity contribution is -0.132. The van der Waals surface area contributed by atoms with Crippen molar-refractivity contribution >= 4 is 60.1 Å². The van der Waals surface area contributed by atoms with Crippen LogP contribution < -0.4 is 14.4 Å². The molecule has 1 N–H and O–H groups in total. The number of carbonyl (C=O) groups excluding carboxylic acids is 2. The van der Waals surface area contributed by atoms with Gasteiger partial charge in [0.2, 0.25) is 0 Å². The molecule has 186 valence electrons. The summed E-state index contributed by atoms with van der Waals surface area (Å²) in [6, 6.07) is 17.3. The van der Waals surface area contributed by atoms with Gasteiger partial charge in [-0.1, -0.05) is 39.4 Å². The summed E-state index contributed by atoms with van der Waals surface area (Å²) < 4.78 is 12.8. The van der Waals surface area contributed by atoms with Crippen molar-refractivity contribution in [2.24, 2.45) is 0 Å². The highest BCUT2D eigenvalue weighted by atomic mass is 79.9. The quantitative estimate of drug-likeness (QED) is 0.181. The lowest BCUT2D eigenvalue weighted by Crippen LogP contribution is -2.29. The fraction of sp³-hybridized carbons (Fsp3) is 0.179. The molecule has 1 saturated heterocycles. The lowest BCUT2D eigenvalue weighted by Gasteiger charge is -2.23. The number of nitrogens with zero attached hydrogens (tertiary/aromatic N) is 2. The highest BCUT2D eigenvalue weighted by molar-refractivity contribution is 9.10. The van der Waals surface area contributed by atoms with Crippen molar-refractivity contribution < 1.29 is 24.2 Å². The van der Waals surface area contributed by atoms with E-state index in [1.54, 1.807) is 25.3 Å². The molecule has 37 heavy (non-hydrogen) atoms. The van der Waals surface area contributed by atoms with Crippen LogP contribution in [0.3, 0.4) is 0 Å². The van der Waals surface area contributed by atoms with Crippen molar-refractivity contribution in [2.75, 3.05) is 12.0 Å². The average Bonchev–Trinajstić information content (AvgIpc) is 3.55. The number of thiazole rings is 1. The van der Waals surface area contributed by atoms with Crippen LogP contribution in [-0.2, 0) is 16.0 Å². The summed E-state index contributed by atoms with van der Waals surface area (Å²) in [6.45, 7) is 1.98. The lowest BCUT2D eigenvalue weighted by atomic mass is 9.94. The predicted octanol–water partition coefficient (Wildman–Crippen LogP) is 6.02. The van der Waals surface area contributed by atoms with Crippen LogP contribution in [0.5, 0.6) is 11.5 Å². The maximum atomic E-state index is 13.5. The first kappa shape index (κ1) is 23.7. The van der Waals surface area contributed by atoms with Gasteiger partial charge in [0.05, 0.1) is 28.9 Å². The summed E-state index contributed by atoms with van der Waals surface area (Å²) in [7, 11) is 1.58. The number of methoxy groups -OCH3 is 1. The number of aliphatic hydroxyl groups excluding tert-OH is 1. The Morgan fingerprint density at radius 2 is 1.92 bits per heavy atom. The van der Waals surface area contributed by atoms with E-state index in [9.17, 15) is 14.7 Å². The summed E-state index contributed by atoms with van der Waals surface area (Å²) >= 11 is 4.74. The number of ketones is 1. The number of benzene rings is 3. The molecule has 1 aromatic heterocycles. The fourth-order valence-corrected chi connectivity index (χ4v) is 6.12. The SMILES string of the molecule is COc1ccc2nc(N3C(=O)C(=O)C(=C(O)c4ccc5c(c4)C[C@H](C)O5)[C@H]3c3ccc(Br)cc3)sc2c1. The van der Waals surface area contributed by atoms with E-state index in [0.717, 1.165) is 20.5 Å². The van der Waals surface area contributed by atoms with Crippen LogP contribution in [-0.4, -0.2) is 35.0 Å². The number of Topliss-reactive ketones (excluding diaryl/α,β-unsaturated/α-hetero) is 1. The Kier molecular flexibility index (Phi) is 5.77. The van der Waals surface area contributed by atoms with Gasteiger partial charge < -0.3 is 14.6 Å². The zero-order valence-electron chi connectivity index (χ0n) is 19.9. The van der Waals surface area contributed by atoms with Crippen LogP contribution in [0.25, 0.3) is 16.0 Å². The smallest absolute Gasteiger partial charge is 0.301 e. The molecule has 9 heteroatoms. The highest BCUT2D eigenvalue weighted by Gasteiger charge is 2.48. The molecule has 0 saturated carbocycles. The second kappa shape index (κ2) is 9.00. The Labute approximate surface area is 225 Å². The molecule has 0 bridgehead atoms. The van der Waals surface area contributed by atoms with Crippen LogP contribution in [0.1, 0.15) is 29.7 Å². The number of halogens is 1. The molecular formula is C28H21BrN2O5S. The normalized spacial score (nSPS) is 20.4. The summed E-state index contributed by atoms with van der Waals surface area (Å²) in [5.41, 5.74) is 2.80. The number of hydrogen-bond donors (Lipinski definition) is 1. The third-order valence-corrected chi connectivity index (χ3v) is 8.14. The minimum atomic E-state index is -0.848. The molecule has 4 aromatic rings. The van der Waals surface area contributed by atoms with E-state index in [-0.39, 0.29) is 17.4 Å². The number of fused-ring (bicyclic) bond motifs is 2. The van der Waals surface area contributed by atoms with Crippen LogP contribution in [0.15, 0.2) is 70.7 Å². The Morgan fingerprint density at radius 1 is 1.14 bits per heavy atom. The van der Waals surface area contributed by atoms with Crippen LogP contribution in [0, 0.1) is 0 Å². The maximum absolute atomic E-state index is 13.5. The molecule has 2 atom stereocenters. The topological polar surface area (TPSA) is 89.0 Å². The molecule has 0 aliphatic carbocycles. The van der Waals surface area contributed by atoms with Gasteiger partial charge in [-0.05, 0) is 66.6 Å². The van der Waals surface area contributed by atoms with E-state index in [1.165, 1.54) is 16.2 Å². The summed E-state index contributed by atoms with van der Waals surface area (Å²) in [5, 5.41) is 11.8. The number of aliphatic hydroxyl groups is 1. The van der Waals surface area contributed by atoms with Crippen molar-refractivity contribution in [3.8, 4) is 11.5 Å². The number of aromatic nitrogens is 1. The van der Waals surface area contributed by atoms with Crippen molar-refractivity contribution in [3.63, 3.8) is 0 Å². The zero-order valence-corrected chi connectivity index (χ0v) is 22.3. The molecule has 0 unspecified atom stereocenters. The van der Waals surface area contributed by atoms with Gasteiger partial charge in [-0.15, -0.1) is 0 Å². The van der Waals surface area contributed by atoms with Gasteiger partial charge in [-0.25, -0.2) is 4.98 Å². The van der Waals surface area contributed by atoms with E-state index in [4.69, 9.17) is 9.47 Å². The molecule has 1 fully saturated rings. The minimum absolute atomic E-state index is 0.0241. The van der Waals surface area contributed by atoms with Crippen LogP contribution >= 0.6 is 27.3 Å². The number of rotatable bonds is 4. The highest BCUT2D eigenvalue weighted by Crippen LogP contribution is 2.45. The van der Waals surface area contributed by atoms with Gasteiger partial charge in [0, 0.05) is 16.5 Å². The Bertz CT molecular complexity index is 1610. The van der Waals surface area contributed by atoms with E-state index in [2.05, 4.69) is 20.9 Å². The fourth-order valence-electron chi connectivity index (χ4n) is 4.84. The number of carbonyl (C=O) groups is 2. The first-order valence-electron chi connectivity index (χ1n) is 11.6. The Morgan fingerprint density at radius 3 is 2.68 bits per heavy atom. The number of hydrogen-bond acceptors (Lipinski definition) is 7. The standard InChI is InChI=1S/C28H21BrN2O5S/c1-14-11-17-12-16(5-10-21(17)36-14)25(32)23-24(15-3-6-18(29)7-4-15)31(27(34)26(23)33)28-30-20-9-8-19(35-2)13-22(20)37-28/h3-10,12-14,24,32H,11H2,1-2H3/t14-,24+/m0/s1. The third-order valence-electron chi connectivity index (χ3n) is 6.59. The van der Waals surface area contributed by atoms with Crippen molar-refractivity contribution in [1.29, 1.82) is 0 Å². The van der Waals surface area contributed by atoms with Gasteiger partial charge in [0.1, 0.15) is 23.4 Å². The molecule has 0 radical (unpaired) electrons. The second-order valence-electron chi connectivity index (χ2n) is 9.01. The van der Waals surface area contributed by atoms with Gasteiger partial charge in [0.15, 0.2) is 5.13 Å². The number of amides is 1. The van der Waals surface area contributed by atoms with Gasteiger partial charge in [-0.3, -0.25) is 14.5 Å². The number of ether oxygens (including phenoxy) is 2. The predicted molar refractivity (Wildman–Crippen MR) is 145 cm³/mol. The van der Waals surface area contributed by atoms with Gasteiger partial charge in [-0.2, -0.15) is 0 Å². The molecule has 3 heterocycles. The first-order valence-corrected chi connectivity index (χ1v) is 13.3. The van der Waals surface area contributed by atoms with E-state index < -0.39 is 17.7 Å².